The molecule has 0 radical (unpaired) electrons. The Morgan fingerprint density at radius 3 is 2.59 bits per heavy atom. The highest BCUT2D eigenvalue weighted by atomic mass is 16.5. The number of carbonyl (C=O) groups excluding carboxylic acids is 1. The predicted octanol–water partition coefficient (Wildman–Crippen LogP) is 4.47. The highest BCUT2D eigenvalue weighted by Gasteiger charge is 2.14. The molecule has 0 fully saturated rings. The van der Waals surface area contributed by atoms with E-state index in [-0.39, 0.29) is 5.91 Å². The van der Waals surface area contributed by atoms with E-state index >= 15 is 0 Å². The van der Waals surface area contributed by atoms with E-state index in [0.717, 1.165) is 16.8 Å². The highest BCUT2D eigenvalue weighted by molar-refractivity contribution is 6.04. The van der Waals surface area contributed by atoms with Gasteiger partial charge in [-0.1, -0.05) is 6.07 Å². The van der Waals surface area contributed by atoms with Crippen LogP contribution in [0.2, 0.25) is 0 Å². The Balaban J connectivity index is 1.36. The van der Waals surface area contributed by atoms with Crippen LogP contribution < -0.4 is 10.1 Å². The first-order valence-corrected chi connectivity index (χ1v) is 10.4. The van der Waals surface area contributed by atoms with E-state index in [2.05, 4.69) is 30.4 Å². The van der Waals surface area contributed by atoms with Crippen molar-refractivity contribution >= 4 is 11.6 Å². The monoisotopic (exact) mass is 449 g/mol. The third kappa shape index (κ3) is 4.49. The number of pyridine rings is 1. The summed E-state index contributed by atoms with van der Waals surface area (Å²) in [4.78, 5) is 29.5. The lowest BCUT2D eigenvalue weighted by molar-refractivity contribution is 0.102. The molecule has 1 amide bonds. The van der Waals surface area contributed by atoms with Gasteiger partial charge >= 0.3 is 0 Å². The summed E-state index contributed by atoms with van der Waals surface area (Å²) in [5.74, 6) is 0.671. The van der Waals surface area contributed by atoms with Gasteiger partial charge in [0.05, 0.1) is 16.9 Å². The van der Waals surface area contributed by atoms with E-state index in [1.807, 2.05) is 49.4 Å². The first-order valence-electron chi connectivity index (χ1n) is 10.4. The summed E-state index contributed by atoms with van der Waals surface area (Å²) in [5.41, 5.74) is 4.25. The zero-order chi connectivity index (χ0) is 23.3. The predicted molar refractivity (Wildman–Crippen MR) is 126 cm³/mol. The van der Waals surface area contributed by atoms with Crippen molar-refractivity contribution in [3.63, 3.8) is 0 Å². The van der Waals surface area contributed by atoms with E-state index in [9.17, 15) is 4.79 Å². The van der Waals surface area contributed by atoms with E-state index in [0.29, 0.717) is 28.6 Å². The molecule has 0 atom stereocenters. The molecule has 9 nitrogen and oxygen atoms in total. The molecule has 166 valence electrons. The minimum absolute atomic E-state index is 0.254. The van der Waals surface area contributed by atoms with Gasteiger partial charge in [0.15, 0.2) is 0 Å². The van der Waals surface area contributed by atoms with Gasteiger partial charge in [-0.2, -0.15) is 5.10 Å². The molecule has 0 bridgehead atoms. The zero-order valence-electron chi connectivity index (χ0n) is 18.2. The van der Waals surface area contributed by atoms with Crippen LogP contribution in [0.4, 0.5) is 5.69 Å². The fraction of sp³-hybridized carbons (Fsp3) is 0.0400. The van der Waals surface area contributed by atoms with Crippen LogP contribution in [0, 0.1) is 6.92 Å². The van der Waals surface area contributed by atoms with E-state index in [1.54, 1.807) is 41.6 Å². The second-order valence-corrected chi connectivity index (χ2v) is 7.37. The number of amides is 1. The topological polar surface area (TPSA) is 108 Å². The maximum Gasteiger partial charge on any atom is 0.255 e. The van der Waals surface area contributed by atoms with E-state index in [1.165, 1.54) is 12.7 Å². The van der Waals surface area contributed by atoms with Crippen LogP contribution in [0.25, 0.3) is 16.9 Å². The molecule has 0 saturated heterocycles. The molecule has 0 aliphatic rings. The van der Waals surface area contributed by atoms with Crippen molar-refractivity contribution < 1.29 is 9.53 Å². The molecule has 9 heteroatoms. The van der Waals surface area contributed by atoms with Gasteiger partial charge in [-0.25, -0.2) is 24.6 Å². The molecular formula is C25H19N7O2. The van der Waals surface area contributed by atoms with Gasteiger partial charge in [0, 0.05) is 23.6 Å². The fourth-order valence-electron chi connectivity index (χ4n) is 3.31. The number of nitrogens with zero attached hydrogens (tertiary/aromatic N) is 6. The normalized spacial score (nSPS) is 10.6. The van der Waals surface area contributed by atoms with Crippen LogP contribution in [-0.2, 0) is 0 Å². The first kappa shape index (κ1) is 21.0. The molecule has 34 heavy (non-hydrogen) atoms. The number of ether oxygens (including phenoxy) is 1. The van der Waals surface area contributed by atoms with Crippen molar-refractivity contribution in [3.8, 4) is 28.6 Å². The van der Waals surface area contributed by atoms with Gasteiger partial charge < -0.3 is 10.1 Å². The number of hydrogen-bond acceptors (Lipinski definition) is 7. The summed E-state index contributed by atoms with van der Waals surface area (Å²) in [6.45, 7) is 1.91. The molecule has 5 aromatic rings. The smallest absolute Gasteiger partial charge is 0.255 e. The summed E-state index contributed by atoms with van der Waals surface area (Å²) in [5, 5.41) is 7.00. The fourth-order valence-corrected chi connectivity index (χ4v) is 3.31. The second-order valence-electron chi connectivity index (χ2n) is 7.37. The van der Waals surface area contributed by atoms with Crippen LogP contribution in [0.3, 0.4) is 0 Å². The SMILES string of the molecule is Cc1ccc(C(=O)Nc2ccc(-n3cncn3)cc2)cc1Oc1ncccc1-c1ccncn1. The molecule has 0 saturated carbocycles. The number of aryl methyl sites for hydroxylation is 1. The van der Waals surface area contributed by atoms with Gasteiger partial charge in [0.1, 0.15) is 24.7 Å². The van der Waals surface area contributed by atoms with Crippen LogP contribution >= 0.6 is 0 Å². The molecule has 0 aliphatic heterocycles. The molecule has 0 aliphatic carbocycles. The number of benzene rings is 2. The van der Waals surface area contributed by atoms with Crippen LogP contribution in [-0.4, -0.2) is 35.6 Å². The standard InChI is InChI=1S/C25H19N7O2/c1-17-4-5-18(24(33)31-19-6-8-20(9-7-19)32-16-27-15-30-32)13-23(17)34-25-21(3-2-11-28-25)22-10-12-26-14-29-22/h2-16H,1H3,(H,31,33). The largest absolute Gasteiger partial charge is 0.438 e. The Morgan fingerprint density at radius 2 is 1.82 bits per heavy atom. The third-order valence-electron chi connectivity index (χ3n) is 5.09. The van der Waals surface area contributed by atoms with Crippen molar-refractivity contribution in [1.29, 1.82) is 0 Å². The summed E-state index contributed by atoms with van der Waals surface area (Å²) >= 11 is 0. The van der Waals surface area contributed by atoms with Gasteiger partial charge in [-0.15, -0.1) is 0 Å². The van der Waals surface area contributed by atoms with Crippen molar-refractivity contribution in [2.75, 3.05) is 5.32 Å². The van der Waals surface area contributed by atoms with Gasteiger partial charge in [-0.3, -0.25) is 4.79 Å². The molecular weight excluding hydrogens is 430 g/mol. The number of aromatic nitrogens is 6. The van der Waals surface area contributed by atoms with E-state index in [4.69, 9.17) is 4.74 Å². The number of rotatable bonds is 6. The summed E-state index contributed by atoms with van der Waals surface area (Å²) in [7, 11) is 0. The van der Waals surface area contributed by atoms with Crippen molar-refractivity contribution in [2.24, 2.45) is 0 Å². The number of nitrogens with one attached hydrogen (secondary N) is 1. The van der Waals surface area contributed by atoms with Gasteiger partial charge in [0.25, 0.3) is 5.91 Å². The molecule has 0 spiro atoms. The number of hydrogen-bond donors (Lipinski definition) is 1. The zero-order valence-corrected chi connectivity index (χ0v) is 18.2. The molecule has 5 rings (SSSR count). The number of anilines is 1. The first-order chi connectivity index (χ1) is 16.7. The minimum Gasteiger partial charge on any atom is -0.438 e. The lowest BCUT2D eigenvalue weighted by Crippen LogP contribution is -2.12. The van der Waals surface area contributed by atoms with Crippen LogP contribution in [0.5, 0.6) is 11.6 Å². The lowest BCUT2D eigenvalue weighted by Gasteiger charge is -2.13. The Hall–Kier alpha value is -4.92. The molecule has 3 heterocycles. The average Bonchev–Trinajstić information content (AvgIpc) is 3.42. The maximum atomic E-state index is 12.9. The van der Waals surface area contributed by atoms with Crippen molar-refractivity contribution in [3.05, 3.63) is 103 Å². The molecule has 0 unspecified atom stereocenters. The summed E-state index contributed by atoms with van der Waals surface area (Å²) in [6, 6.07) is 18.1. The Labute approximate surface area is 195 Å². The molecule has 3 aromatic heterocycles. The average molecular weight is 449 g/mol. The van der Waals surface area contributed by atoms with Crippen LogP contribution in [0.1, 0.15) is 15.9 Å². The molecule has 2 aromatic carbocycles. The third-order valence-corrected chi connectivity index (χ3v) is 5.09. The highest BCUT2D eigenvalue weighted by Crippen LogP contribution is 2.32. The van der Waals surface area contributed by atoms with Crippen molar-refractivity contribution in [2.45, 2.75) is 6.92 Å². The van der Waals surface area contributed by atoms with Crippen LogP contribution in [0.15, 0.2) is 92.0 Å². The maximum absolute atomic E-state index is 12.9. The Kier molecular flexibility index (Phi) is 5.73. The van der Waals surface area contributed by atoms with Crippen molar-refractivity contribution in [1.82, 2.24) is 29.7 Å². The second kappa shape index (κ2) is 9.29. The quantitative estimate of drug-likeness (QED) is 0.407. The minimum atomic E-state index is -0.254. The number of carbonyl (C=O) groups is 1. The van der Waals surface area contributed by atoms with E-state index < -0.39 is 0 Å². The lowest BCUT2D eigenvalue weighted by atomic mass is 10.1. The summed E-state index contributed by atoms with van der Waals surface area (Å²) < 4.78 is 7.77. The Bertz CT molecular complexity index is 1420. The summed E-state index contributed by atoms with van der Waals surface area (Å²) in [6.07, 6.45) is 7.86. The molecule has 1 N–H and O–H groups in total. The van der Waals surface area contributed by atoms with Gasteiger partial charge in [0.2, 0.25) is 5.88 Å². The Morgan fingerprint density at radius 1 is 0.941 bits per heavy atom. The van der Waals surface area contributed by atoms with Gasteiger partial charge in [-0.05, 0) is 67.1 Å².